The molecule has 0 heterocycles. The molecule has 1 aromatic rings. The van der Waals surface area contributed by atoms with Gasteiger partial charge in [-0.3, -0.25) is 0 Å². The first kappa shape index (κ1) is 11.2. The molecule has 0 radical (unpaired) electrons. The molecule has 15 heavy (non-hydrogen) atoms. The molecule has 0 saturated heterocycles. The monoisotopic (exact) mass is 206 g/mol. The predicted octanol–water partition coefficient (Wildman–Crippen LogP) is 1.54. The molecule has 0 aromatic heterocycles. The van der Waals surface area contributed by atoms with Gasteiger partial charge in [0.25, 0.3) is 0 Å². The molecule has 0 saturated carbocycles. The van der Waals surface area contributed by atoms with Crippen LogP contribution in [0.3, 0.4) is 0 Å². The summed E-state index contributed by atoms with van der Waals surface area (Å²) >= 11 is 0. The third kappa shape index (κ3) is 2.77. The van der Waals surface area contributed by atoms with Crippen LogP contribution in [0.1, 0.15) is 17.5 Å². The van der Waals surface area contributed by atoms with Crippen LogP contribution in [0.4, 0.5) is 8.78 Å². The van der Waals surface area contributed by atoms with Gasteiger partial charge in [0.05, 0.1) is 0 Å². The van der Waals surface area contributed by atoms with Gasteiger partial charge in [-0.15, -0.1) is 0 Å². The van der Waals surface area contributed by atoms with E-state index in [1.165, 1.54) is 6.07 Å². The largest absolute Gasteiger partial charge is 0.330 e. The van der Waals surface area contributed by atoms with Gasteiger partial charge in [-0.1, -0.05) is 11.8 Å². The maximum atomic E-state index is 13.1. The number of nitrogens with zero attached hydrogens (tertiary/aromatic N) is 1. The molecule has 0 atom stereocenters. The average molecular weight is 206 g/mol. The first-order chi connectivity index (χ1) is 7.19. The van der Waals surface area contributed by atoms with E-state index in [4.69, 9.17) is 11.0 Å². The van der Waals surface area contributed by atoms with E-state index in [-0.39, 0.29) is 5.56 Å². The molecular formula is C11H8F2N2. The molecule has 0 amide bonds. The van der Waals surface area contributed by atoms with Gasteiger partial charge in [-0.2, -0.15) is 5.26 Å². The summed E-state index contributed by atoms with van der Waals surface area (Å²) in [6.45, 7) is 0.397. The molecular weight excluding hydrogens is 198 g/mol. The highest BCUT2D eigenvalue weighted by Gasteiger charge is 2.09. The Hall–Kier alpha value is -1.91. The summed E-state index contributed by atoms with van der Waals surface area (Å²) in [5.41, 5.74) is 4.83. The maximum absolute atomic E-state index is 13.1. The Bertz CT molecular complexity index is 441. The molecule has 0 bridgehead atoms. The van der Waals surface area contributed by atoms with E-state index in [1.807, 2.05) is 0 Å². The van der Waals surface area contributed by atoms with Gasteiger partial charge in [0.1, 0.15) is 23.3 Å². The summed E-state index contributed by atoms with van der Waals surface area (Å²) in [5.74, 6) is 3.42. The molecule has 76 valence electrons. The van der Waals surface area contributed by atoms with Crippen molar-refractivity contribution in [2.75, 3.05) is 6.54 Å². The Kier molecular flexibility index (Phi) is 3.79. The summed E-state index contributed by atoms with van der Waals surface area (Å²) in [6, 6.07) is 3.51. The van der Waals surface area contributed by atoms with Crippen LogP contribution < -0.4 is 5.73 Å². The minimum Gasteiger partial charge on any atom is -0.330 e. The Balaban J connectivity index is 3.07. The SMILES string of the molecule is N#Cc1c(F)cc(C#CCCN)cc1F. The zero-order valence-corrected chi connectivity index (χ0v) is 7.85. The lowest BCUT2D eigenvalue weighted by Gasteiger charge is -1.96. The number of nitriles is 1. The van der Waals surface area contributed by atoms with Gasteiger partial charge in [-0.05, 0) is 12.1 Å². The fourth-order valence-corrected chi connectivity index (χ4v) is 0.989. The van der Waals surface area contributed by atoms with Crippen LogP contribution in [0.15, 0.2) is 12.1 Å². The Morgan fingerprint density at radius 2 is 1.87 bits per heavy atom. The fourth-order valence-electron chi connectivity index (χ4n) is 0.989. The van der Waals surface area contributed by atoms with Crippen LogP contribution in [-0.4, -0.2) is 6.54 Å². The number of halogens is 2. The summed E-state index contributed by atoms with van der Waals surface area (Å²) in [5, 5.41) is 8.42. The highest BCUT2D eigenvalue weighted by molar-refractivity contribution is 5.42. The molecule has 0 aliphatic carbocycles. The summed E-state index contributed by atoms with van der Waals surface area (Å²) < 4.78 is 26.1. The predicted molar refractivity (Wildman–Crippen MR) is 51.6 cm³/mol. The fraction of sp³-hybridized carbons (Fsp3) is 0.182. The van der Waals surface area contributed by atoms with Gasteiger partial charge < -0.3 is 5.73 Å². The number of hydrogen-bond donors (Lipinski definition) is 1. The van der Waals surface area contributed by atoms with Crippen LogP contribution in [0, 0.1) is 34.8 Å². The van der Waals surface area contributed by atoms with Crippen molar-refractivity contribution in [3.8, 4) is 17.9 Å². The van der Waals surface area contributed by atoms with Crippen molar-refractivity contribution in [2.24, 2.45) is 5.73 Å². The van der Waals surface area contributed by atoms with E-state index in [0.717, 1.165) is 12.1 Å². The second-order valence-corrected chi connectivity index (χ2v) is 2.77. The highest BCUT2D eigenvalue weighted by atomic mass is 19.1. The highest BCUT2D eigenvalue weighted by Crippen LogP contribution is 2.13. The standard InChI is InChI=1S/C11H8F2N2/c12-10-5-8(3-1-2-4-14)6-11(13)9(10)7-15/h5-6H,2,4,14H2. The second-order valence-electron chi connectivity index (χ2n) is 2.77. The molecule has 1 rings (SSSR count). The number of rotatable bonds is 1. The topological polar surface area (TPSA) is 49.8 Å². The molecule has 0 aliphatic heterocycles. The van der Waals surface area contributed by atoms with Crippen LogP contribution in [-0.2, 0) is 0 Å². The van der Waals surface area contributed by atoms with Crippen molar-refractivity contribution in [1.29, 1.82) is 5.26 Å². The lowest BCUT2D eigenvalue weighted by atomic mass is 10.1. The quantitative estimate of drug-likeness (QED) is 0.708. The average Bonchev–Trinajstić information content (AvgIpc) is 2.18. The molecule has 0 spiro atoms. The first-order valence-electron chi connectivity index (χ1n) is 4.27. The van der Waals surface area contributed by atoms with E-state index in [1.54, 1.807) is 0 Å². The maximum Gasteiger partial charge on any atom is 0.145 e. The zero-order valence-electron chi connectivity index (χ0n) is 7.85. The van der Waals surface area contributed by atoms with Crippen molar-refractivity contribution < 1.29 is 8.78 Å². The van der Waals surface area contributed by atoms with Gasteiger partial charge in [0.2, 0.25) is 0 Å². The molecule has 0 unspecified atom stereocenters. The van der Waals surface area contributed by atoms with E-state index >= 15 is 0 Å². The van der Waals surface area contributed by atoms with E-state index in [0.29, 0.717) is 13.0 Å². The Morgan fingerprint density at radius 3 is 2.33 bits per heavy atom. The minimum atomic E-state index is -0.894. The molecule has 0 aliphatic rings. The van der Waals surface area contributed by atoms with Crippen molar-refractivity contribution in [3.05, 3.63) is 34.9 Å². The summed E-state index contributed by atoms with van der Waals surface area (Å²) in [6.07, 6.45) is 0.462. The molecule has 2 N–H and O–H groups in total. The van der Waals surface area contributed by atoms with Crippen molar-refractivity contribution >= 4 is 0 Å². The van der Waals surface area contributed by atoms with Crippen LogP contribution in [0.2, 0.25) is 0 Å². The summed E-state index contributed by atoms with van der Waals surface area (Å²) in [4.78, 5) is 0. The molecule has 1 aromatic carbocycles. The third-order valence-electron chi connectivity index (χ3n) is 1.66. The van der Waals surface area contributed by atoms with E-state index < -0.39 is 17.2 Å². The van der Waals surface area contributed by atoms with Gasteiger partial charge in [-0.25, -0.2) is 8.78 Å². The van der Waals surface area contributed by atoms with Crippen LogP contribution in [0.5, 0.6) is 0 Å². The van der Waals surface area contributed by atoms with Gasteiger partial charge in [0.15, 0.2) is 0 Å². The number of benzene rings is 1. The third-order valence-corrected chi connectivity index (χ3v) is 1.66. The van der Waals surface area contributed by atoms with E-state index in [2.05, 4.69) is 11.8 Å². The zero-order chi connectivity index (χ0) is 11.3. The minimum absolute atomic E-state index is 0.206. The Labute approximate surface area is 86.3 Å². The van der Waals surface area contributed by atoms with Crippen molar-refractivity contribution in [1.82, 2.24) is 0 Å². The van der Waals surface area contributed by atoms with Crippen molar-refractivity contribution in [3.63, 3.8) is 0 Å². The van der Waals surface area contributed by atoms with Crippen molar-refractivity contribution in [2.45, 2.75) is 6.42 Å². The smallest absolute Gasteiger partial charge is 0.145 e. The Morgan fingerprint density at radius 1 is 1.27 bits per heavy atom. The van der Waals surface area contributed by atoms with Crippen LogP contribution >= 0.6 is 0 Å². The van der Waals surface area contributed by atoms with E-state index in [9.17, 15) is 8.78 Å². The van der Waals surface area contributed by atoms with Gasteiger partial charge >= 0.3 is 0 Å². The van der Waals surface area contributed by atoms with Gasteiger partial charge in [0, 0.05) is 18.5 Å². The first-order valence-corrected chi connectivity index (χ1v) is 4.27. The molecule has 4 heteroatoms. The molecule has 2 nitrogen and oxygen atoms in total. The normalized spacial score (nSPS) is 8.93. The lowest BCUT2D eigenvalue weighted by molar-refractivity contribution is 0.576. The van der Waals surface area contributed by atoms with Crippen LogP contribution in [0.25, 0.3) is 0 Å². The number of hydrogen-bond acceptors (Lipinski definition) is 2. The number of nitrogens with two attached hydrogens (primary N) is 1. The summed E-state index contributed by atoms with van der Waals surface area (Å²) in [7, 11) is 0. The molecule has 0 fully saturated rings. The lowest BCUT2D eigenvalue weighted by Crippen LogP contribution is -1.96. The second kappa shape index (κ2) is 5.09.